The third-order valence-corrected chi connectivity index (χ3v) is 7.42. The Hall–Kier alpha value is -3.01. The summed E-state index contributed by atoms with van der Waals surface area (Å²) in [6.45, 7) is 4.19. The van der Waals surface area contributed by atoms with Crippen LogP contribution < -0.4 is 0 Å². The van der Waals surface area contributed by atoms with Crippen LogP contribution in [0.25, 0.3) is 22.4 Å². The Balaban J connectivity index is 1.48. The smallest absolute Gasteiger partial charge is 0.182 e. The second kappa shape index (κ2) is 8.83. The van der Waals surface area contributed by atoms with Crippen LogP contribution in [0.4, 0.5) is 4.39 Å². The molecule has 3 aromatic heterocycles. The van der Waals surface area contributed by atoms with Crippen LogP contribution in [0.2, 0.25) is 5.02 Å². The van der Waals surface area contributed by atoms with Crippen LogP contribution >= 0.6 is 11.6 Å². The number of nitrogens with zero attached hydrogens (tertiary/aromatic N) is 6. The fourth-order valence-corrected chi connectivity index (χ4v) is 4.92. The highest BCUT2D eigenvalue weighted by Crippen LogP contribution is 2.44. The molecule has 0 radical (unpaired) electrons. The van der Waals surface area contributed by atoms with Gasteiger partial charge in [-0.15, -0.1) is 0 Å². The molecule has 2 aliphatic rings. The van der Waals surface area contributed by atoms with Crippen molar-refractivity contribution in [3.05, 3.63) is 64.2 Å². The third-order valence-electron chi connectivity index (χ3n) is 7.18. The predicted octanol–water partition coefficient (Wildman–Crippen LogP) is 5.42. The number of benzene rings is 1. The topological polar surface area (TPSA) is 87.8 Å². The van der Waals surface area contributed by atoms with Gasteiger partial charge in [0.25, 0.3) is 0 Å². The number of aromatic nitrogens is 6. The van der Waals surface area contributed by atoms with Gasteiger partial charge in [-0.1, -0.05) is 11.6 Å². The lowest BCUT2D eigenvalue weighted by atomic mass is 9.87. The molecule has 4 aromatic rings. The van der Waals surface area contributed by atoms with E-state index in [4.69, 9.17) is 31.0 Å². The second-order valence-corrected chi connectivity index (χ2v) is 10.0. The van der Waals surface area contributed by atoms with E-state index in [9.17, 15) is 0 Å². The van der Waals surface area contributed by atoms with Crippen LogP contribution in [0, 0.1) is 19.7 Å². The summed E-state index contributed by atoms with van der Waals surface area (Å²) < 4.78 is 29.4. The standard InChI is InChI=1S/C26H26ClFN6O2/c1-14-15(2)31-24-23(30-14)22(19-7-4-17(27)10-20(19)28)32-25(33-24)26(35-3)8-9-36-21(11-26)16-12-29-34(13-16)18-5-6-18/h4,7,10,12-13,18,21H,5-6,8-9,11H2,1-3H3/t21-,26-/m1/s1. The highest BCUT2D eigenvalue weighted by Gasteiger charge is 2.43. The number of rotatable bonds is 5. The number of hydrogen-bond acceptors (Lipinski definition) is 7. The molecule has 4 heterocycles. The van der Waals surface area contributed by atoms with Crippen molar-refractivity contribution >= 4 is 22.8 Å². The minimum Gasteiger partial charge on any atom is -0.373 e. The zero-order valence-corrected chi connectivity index (χ0v) is 21.1. The zero-order valence-electron chi connectivity index (χ0n) is 20.3. The van der Waals surface area contributed by atoms with Crippen molar-refractivity contribution in [2.75, 3.05) is 13.7 Å². The molecule has 36 heavy (non-hydrogen) atoms. The number of halogens is 2. The Kier molecular flexibility index (Phi) is 5.74. The van der Waals surface area contributed by atoms with E-state index in [1.54, 1.807) is 19.2 Å². The van der Waals surface area contributed by atoms with Crippen molar-refractivity contribution in [3.63, 3.8) is 0 Å². The first kappa shape index (κ1) is 23.4. The minimum atomic E-state index is -0.850. The normalized spacial score (nSPS) is 22.3. The number of fused-ring (bicyclic) bond motifs is 1. The molecule has 1 saturated carbocycles. The predicted molar refractivity (Wildman–Crippen MR) is 132 cm³/mol. The number of aryl methyl sites for hydroxylation is 2. The average molecular weight is 509 g/mol. The lowest BCUT2D eigenvalue weighted by Crippen LogP contribution is -2.39. The number of hydrogen-bond donors (Lipinski definition) is 0. The molecule has 8 nitrogen and oxygen atoms in total. The van der Waals surface area contributed by atoms with E-state index < -0.39 is 11.4 Å². The van der Waals surface area contributed by atoms with Gasteiger partial charge in [-0.05, 0) is 44.9 Å². The van der Waals surface area contributed by atoms with E-state index in [-0.39, 0.29) is 11.7 Å². The van der Waals surface area contributed by atoms with Crippen molar-refractivity contribution in [2.24, 2.45) is 0 Å². The number of ether oxygens (including phenoxy) is 2. The molecular formula is C26H26ClFN6O2. The monoisotopic (exact) mass is 508 g/mol. The van der Waals surface area contributed by atoms with E-state index >= 15 is 4.39 Å². The van der Waals surface area contributed by atoms with E-state index in [1.165, 1.54) is 6.07 Å². The maximum atomic E-state index is 15.1. The van der Waals surface area contributed by atoms with Gasteiger partial charge >= 0.3 is 0 Å². The molecule has 6 rings (SSSR count). The first-order valence-electron chi connectivity index (χ1n) is 12.1. The highest BCUT2D eigenvalue weighted by molar-refractivity contribution is 6.30. The van der Waals surface area contributed by atoms with Gasteiger partial charge < -0.3 is 9.47 Å². The molecule has 0 unspecified atom stereocenters. The van der Waals surface area contributed by atoms with Crippen LogP contribution in [0.1, 0.15) is 60.6 Å². The first-order valence-corrected chi connectivity index (χ1v) is 12.4. The fraction of sp³-hybridized carbons (Fsp3) is 0.423. The zero-order chi connectivity index (χ0) is 25.0. The van der Waals surface area contributed by atoms with Crippen molar-refractivity contribution in [3.8, 4) is 11.3 Å². The van der Waals surface area contributed by atoms with Gasteiger partial charge in [0.1, 0.15) is 22.6 Å². The van der Waals surface area contributed by atoms with E-state index in [1.807, 2.05) is 24.7 Å². The Bertz CT molecular complexity index is 1470. The molecule has 0 amide bonds. The summed E-state index contributed by atoms with van der Waals surface area (Å²) in [6.07, 6.45) is 7.04. The summed E-state index contributed by atoms with van der Waals surface area (Å²) in [5, 5.41) is 4.83. The maximum Gasteiger partial charge on any atom is 0.182 e. The lowest BCUT2D eigenvalue weighted by molar-refractivity contribution is -0.133. The Morgan fingerprint density at radius 2 is 1.94 bits per heavy atom. The molecule has 1 aliphatic heterocycles. The highest BCUT2D eigenvalue weighted by atomic mass is 35.5. The Labute approximate surface area is 212 Å². The van der Waals surface area contributed by atoms with Gasteiger partial charge in [0.05, 0.1) is 36.3 Å². The van der Waals surface area contributed by atoms with Crippen LogP contribution in [0.15, 0.2) is 30.6 Å². The molecule has 0 spiro atoms. The van der Waals surface area contributed by atoms with Crippen molar-refractivity contribution in [2.45, 2.75) is 57.3 Å². The second-order valence-electron chi connectivity index (χ2n) is 9.58. The minimum absolute atomic E-state index is 0.230. The Morgan fingerprint density at radius 1 is 1.14 bits per heavy atom. The largest absolute Gasteiger partial charge is 0.373 e. The summed E-state index contributed by atoms with van der Waals surface area (Å²) in [4.78, 5) is 19.0. The van der Waals surface area contributed by atoms with Gasteiger partial charge in [0.2, 0.25) is 0 Å². The van der Waals surface area contributed by atoms with Gasteiger partial charge in [0, 0.05) is 42.3 Å². The maximum absolute atomic E-state index is 15.1. The van der Waals surface area contributed by atoms with Crippen molar-refractivity contribution in [1.29, 1.82) is 0 Å². The van der Waals surface area contributed by atoms with E-state index in [0.717, 1.165) is 29.8 Å². The fourth-order valence-electron chi connectivity index (χ4n) is 4.76. The Morgan fingerprint density at radius 3 is 2.69 bits per heavy atom. The van der Waals surface area contributed by atoms with Gasteiger partial charge in [-0.2, -0.15) is 5.10 Å². The SMILES string of the molecule is CO[C@]1(c2nc(-c3ccc(Cl)cc3F)c3nc(C)c(C)nc3n2)CCO[C@@H](c2cnn(C3CC3)c2)C1. The van der Waals surface area contributed by atoms with Crippen molar-refractivity contribution < 1.29 is 13.9 Å². The molecule has 1 saturated heterocycles. The lowest BCUT2D eigenvalue weighted by Gasteiger charge is -2.38. The summed E-state index contributed by atoms with van der Waals surface area (Å²) in [6, 6.07) is 5.00. The molecule has 2 fully saturated rings. The first-order chi connectivity index (χ1) is 17.4. The molecule has 1 aromatic carbocycles. The molecule has 186 valence electrons. The third kappa shape index (κ3) is 4.05. The molecule has 2 atom stereocenters. The quantitative estimate of drug-likeness (QED) is 0.355. The van der Waals surface area contributed by atoms with E-state index in [2.05, 4.69) is 21.3 Å². The van der Waals surface area contributed by atoms with Gasteiger partial charge in [-0.25, -0.2) is 24.3 Å². The molecular weight excluding hydrogens is 483 g/mol. The molecule has 0 bridgehead atoms. The van der Waals surface area contributed by atoms with Crippen LogP contribution in [0.3, 0.4) is 0 Å². The summed E-state index contributed by atoms with van der Waals surface area (Å²) in [5.74, 6) is -0.0559. The van der Waals surface area contributed by atoms with Crippen LogP contribution in [0.5, 0.6) is 0 Å². The van der Waals surface area contributed by atoms with Gasteiger partial charge in [0.15, 0.2) is 11.5 Å². The van der Waals surface area contributed by atoms with Crippen molar-refractivity contribution in [1.82, 2.24) is 29.7 Å². The molecule has 0 N–H and O–H groups in total. The molecule has 10 heteroatoms. The van der Waals surface area contributed by atoms with Gasteiger partial charge in [-0.3, -0.25) is 4.68 Å². The van der Waals surface area contributed by atoms with E-state index in [0.29, 0.717) is 53.2 Å². The molecule has 1 aliphatic carbocycles. The average Bonchev–Trinajstić information content (AvgIpc) is 3.60. The summed E-state index contributed by atoms with van der Waals surface area (Å²) >= 11 is 6.02. The van der Waals surface area contributed by atoms with Crippen LogP contribution in [-0.2, 0) is 15.1 Å². The number of methoxy groups -OCH3 is 1. The van der Waals surface area contributed by atoms with Crippen LogP contribution in [-0.4, -0.2) is 43.4 Å². The summed E-state index contributed by atoms with van der Waals surface area (Å²) in [7, 11) is 1.65. The summed E-state index contributed by atoms with van der Waals surface area (Å²) in [5.41, 5.74) is 3.10.